The van der Waals surface area contributed by atoms with Crippen molar-refractivity contribution in [2.75, 3.05) is 5.73 Å². The Bertz CT molecular complexity index is 682. The van der Waals surface area contributed by atoms with Crippen LogP contribution in [0.1, 0.15) is 28.7 Å². The van der Waals surface area contributed by atoms with E-state index < -0.39 is 5.97 Å². The number of anilines is 1. The third kappa shape index (κ3) is 2.95. The predicted octanol–water partition coefficient (Wildman–Crippen LogP) is 2.72. The number of aromatic nitrogens is 2. The van der Waals surface area contributed by atoms with Gasteiger partial charge in [0.2, 0.25) is 0 Å². The molecule has 112 valence electrons. The summed E-state index contributed by atoms with van der Waals surface area (Å²) < 4.78 is 7.32. The minimum absolute atomic E-state index is 0.0482. The van der Waals surface area contributed by atoms with Gasteiger partial charge in [0.15, 0.2) is 0 Å². The Labute approximate surface area is 127 Å². The van der Waals surface area contributed by atoms with E-state index in [1.165, 1.54) is 6.07 Å². The van der Waals surface area contributed by atoms with Crippen molar-refractivity contribution in [3.8, 4) is 5.75 Å². The Morgan fingerprint density at radius 2 is 2.24 bits per heavy atom. The molecule has 0 saturated carbocycles. The highest BCUT2D eigenvalue weighted by Crippen LogP contribution is 2.27. The molecule has 0 fully saturated rings. The fourth-order valence-corrected chi connectivity index (χ4v) is 2.24. The second kappa shape index (κ2) is 6.05. The average molecular weight is 310 g/mol. The number of ether oxygens (including phenoxy) is 1. The number of carboxylic acids is 1. The minimum atomic E-state index is -1.13. The standard InChI is InChI=1S/C14H16ClN3O3/c1-3-18-10(13(15)8(2)17-18)7-21-11-6-4-5-9(16)12(11)14(19)20/h4-6H,3,7,16H2,1-2H3,(H,19,20). The van der Waals surface area contributed by atoms with Crippen LogP contribution in [0.2, 0.25) is 5.02 Å². The highest BCUT2D eigenvalue weighted by Gasteiger charge is 2.17. The second-order valence-corrected chi connectivity index (χ2v) is 4.85. The minimum Gasteiger partial charge on any atom is -0.486 e. The van der Waals surface area contributed by atoms with E-state index >= 15 is 0 Å². The van der Waals surface area contributed by atoms with Crippen molar-refractivity contribution in [2.24, 2.45) is 0 Å². The number of hydrogen-bond donors (Lipinski definition) is 2. The van der Waals surface area contributed by atoms with Crippen LogP contribution in [0.3, 0.4) is 0 Å². The monoisotopic (exact) mass is 309 g/mol. The number of aryl methyl sites for hydroxylation is 2. The van der Waals surface area contributed by atoms with Gasteiger partial charge in [0, 0.05) is 12.2 Å². The highest BCUT2D eigenvalue weighted by atomic mass is 35.5. The van der Waals surface area contributed by atoms with Crippen LogP contribution in [0.15, 0.2) is 18.2 Å². The molecule has 0 aliphatic heterocycles. The highest BCUT2D eigenvalue weighted by molar-refractivity contribution is 6.31. The van der Waals surface area contributed by atoms with E-state index in [2.05, 4.69) is 5.10 Å². The molecule has 1 heterocycles. The van der Waals surface area contributed by atoms with E-state index in [-0.39, 0.29) is 23.6 Å². The van der Waals surface area contributed by atoms with Crippen LogP contribution < -0.4 is 10.5 Å². The number of halogens is 1. The topological polar surface area (TPSA) is 90.4 Å². The maximum atomic E-state index is 11.2. The lowest BCUT2D eigenvalue weighted by Crippen LogP contribution is -2.10. The van der Waals surface area contributed by atoms with Crippen molar-refractivity contribution in [2.45, 2.75) is 27.0 Å². The number of benzene rings is 1. The van der Waals surface area contributed by atoms with Crippen LogP contribution in [0.25, 0.3) is 0 Å². The molecule has 0 bridgehead atoms. The van der Waals surface area contributed by atoms with Gasteiger partial charge in [-0.1, -0.05) is 17.7 Å². The van der Waals surface area contributed by atoms with Gasteiger partial charge in [-0.3, -0.25) is 4.68 Å². The summed E-state index contributed by atoms with van der Waals surface area (Å²) in [5.74, 6) is -0.922. The molecule has 2 rings (SSSR count). The number of nitrogen functional groups attached to an aromatic ring is 1. The van der Waals surface area contributed by atoms with E-state index in [4.69, 9.17) is 22.1 Å². The lowest BCUT2D eigenvalue weighted by molar-refractivity contribution is 0.0693. The molecule has 0 aliphatic carbocycles. The first-order chi connectivity index (χ1) is 9.95. The third-order valence-electron chi connectivity index (χ3n) is 3.09. The molecule has 0 unspecified atom stereocenters. The molecule has 0 saturated heterocycles. The molecular formula is C14H16ClN3O3. The first kappa shape index (κ1) is 15.2. The molecule has 2 aromatic rings. The molecule has 0 atom stereocenters. The van der Waals surface area contributed by atoms with Crippen molar-refractivity contribution in [3.63, 3.8) is 0 Å². The zero-order valence-electron chi connectivity index (χ0n) is 11.8. The number of rotatable bonds is 5. The first-order valence-electron chi connectivity index (χ1n) is 6.42. The molecule has 7 heteroatoms. The number of nitrogens with zero attached hydrogens (tertiary/aromatic N) is 2. The van der Waals surface area contributed by atoms with Crippen LogP contribution in [0.5, 0.6) is 5.75 Å². The molecule has 0 radical (unpaired) electrons. The quantitative estimate of drug-likeness (QED) is 0.829. The average Bonchev–Trinajstić information content (AvgIpc) is 2.71. The summed E-state index contributed by atoms with van der Waals surface area (Å²) in [6.45, 7) is 4.52. The van der Waals surface area contributed by atoms with Crippen molar-refractivity contribution in [3.05, 3.63) is 40.2 Å². The number of carbonyl (C=O) groups is 1. The molecule has 3 N–H and O–H groups in total. The van der Waals surface area contributed by atoms with Crippen LogP contribution in [0.4, 0.5) is 5.69 Å². The van der Waals surface area contributed by atoms with Gasteiger partial charge < -0.3 is 15.6 Å². The Balaban J connectivity index is 2.29. The normalized spacial score (nSPS) is 10.6. The van der Waals surface area contributed by atoms with Gasteiger partial charge in [-0.25, -0.2) is 4.79 Å². The Hall–Kier alpha value is -2.21. The maximum absolute atomic E-state index is 11.2. The zero-order chi connectivity index (χ0) is 15.6. The van der Waals surface area contributed by atoms with Gasteiger partial charge in [-0.15, -0.1) is 0 Å². The van der Waals surface area contributed by atoms with Crippen LogP contribution in [-0.4, -0.2) is 20.9 Å². The smallest absolute Gasteiger partial charge is 0.341 e. The number of nitrogens with two attached hydrogens (primary N) is 1. The lowest BCUT2D eigenvalue weighted by atomic mass is 10.1. The molecule has 0 aliphatic rings. The van der Waals surface area contributed by atoms with Crippen molar-refractivity contribution >= 4 is 23.3 Å². The van der Waals surface area contributed by atoms with Gasteiger partial charge in [-0.2, -0.15) is 5.10 Å². The van der Waals surface area contributed by atoms with Gasteiger partial charge in [0.05, 0.1) is 16.4 Å². The van der Waals surface area contributed by atoms with Crippen molar-refractivity contribution in [1.82, 2.24) is 9.78 Å². The number of aromatic carboxylic acids is 1. The Morgan fingerprint density at radius 3 is 2.86 bits per heavy atom. The number of hydrogen-bond acceptors (Lipinski definition) is 4. The van der Waals surface area contributed by atoms with Gasteiger partial charge in [0.25, 0.3) is 0 Å². The summed E-state index contributed by atoms with van der Waals surface area (Å²) in [5, 5.41) is 14.0. The van der Waals surface area contributed by atoms with Crippen LogP contribution in [0, 0.1) is 6.92 Å². The van der Waals surface area contributed by atoms with Gasteiger partial charge >= 0.3 is 5.97 Å². The lowest BCUT2D eigenvalue weighted by Gasteiger charge is -2.11. The van der Waals surface area contributed by atoms with Crippen molar-refractivity contribution in [1.29, 1.82) is 0 Å². The Kier molecular flexibility index (Phi) is 4.37. The molecule has 0 spiro atoms. The third-order valence-corrected chi connectivity index (χ3v) is 3.58. The predicted molar refractivity (Wildman–Crippen MR) is 79.8 cm³/mol. The van der Waals surface area contributed by atoms with E-state index in [9.17, 15) is 9.90 Å². The fraction of sp³-hybridized carbons (Fsp3) is 0.286. The summed E-state index contributed by atoms with van der Waals surface area (Å²) in [5.41, 5.74) is 7.20. The second-order valence-electron chi connectivity index (χ2n) is 4.48. The first-order valence-corrected chi connectivity index (χ1v) is 6.79. The number of carboxylic acid groups (broad SMARTS) is 1. The molecular weight excluding hydrogens is 294 g/mol. The van der Waals surface area contributed by atoms with Crippen LogP contribution >= 0.6 is 11.6 Å². The summed E-state index contributed by atoms with van der Waals surface area (Å²) >= 11 is 6.19. The van der Waals surface area contributed by atoms with Crippen LogP contribution in [-0.2, 0) is 13.2 Å². The SMILES string of the molecule is CCn1nc(C)c(Cl)c1COc1cccc(N)c1C(=O)O. The summed E-state index contributed by atoms with van der Waals surface area (Å²) in [7, 11) is 0. The molecule has 21 heavy (non-hydrogen) atoms. The maximum Gasteiger partial charge on any atom is 0.341 e. The van der Waals surface area contributed by atoms with E-state index in [0.717, 1.165) is 0 Å². The van der Waals surface area contributed by atoms with Crippen molar-refractivity contribution < 1.29 is 14.6 Å². The fourth-order valence-electron chi connectivity index (χ4n) is 2.05. The van der Waals surface area contributed by atoms with E-state index in [0.29, 0.717) is 23.0 Å². The van der Waals surface area contributed by atoms with E-state index in [1.807, 2.05) is 6.92 Å². The largest absolute Gasteiger partial charge is 0.486 e. The van der Waals surface area contributed by atoms with Gasteiger partial charge in [-0.05, 0) is 26.0 Å². The zero-order valence-corrected chi connectivity index (χ0v) is 12.5. The summed E-state index contributed by atoms with van der Waals surface area (Å²) in [6, 6.07) is 4.72. The van der Waals surface area contributed by atoms with E-state index in [1.54, 1.807) is 23.7 Å². The molecule has 1 aromatic heterocycles. The molecule has 0 amide bonds. The molecule has 6 nitrogen and oxygen atoms in total. The van der Waals surface area contributed by atoms with Gasteiger partial charge in [0.1, 0.15) is 17.9 Å². The summed E-state index contributed by atoms with van der Waals surface area (Å²) in [4.78, 5) is 11.2. The molecule has 1 aromatic carbocycles. The summed E-state index contributed by atoms with van der Waals surface area (Å²) in [6.07, 6.45) is 0. The Morgan fingerprint density at radius 1 is 1.52 bits per heavy atom.